The molecule has 0 saturated carbocycles. The number of rotatable bonds is 2. The van der Waals surface area contributed by atoms with Gasteiger partial charge in [-0.25, -0.2) is 4.79 Å². The predicted molar refractivity (Wildman–Crippen MR) is 95.3 cm³/mol. The van der Waals surface area contributed by atoms with Crippen molar-refractivity contribution in [2.24, 2.45) is 5.92 Å². The lowest BCUT2D eigenvalue weighted by molar-refractivity contribution is -0.138. The lowest BCUT2D eigenvalue weighted by atomic mass is 9.96. The number of piperazine rings is 1. The second-order valence-corrected chi connectivity index (χ2v) is 6.86. The molecule has 1 aromatic carbocycles. The Kier molecular flexibility index (Phi) is 5.55. The Hall–Kier alpha value is -2.12. The summed E-state index contributed by atoms with van der Waals surface area (Å²) < 4.78 is 0. The third kappa shape index (κ3) is 4.49. The largest absolute Gasteiger partial charge is 0.392 e. The van der Waals surface area contributed by atoms with Crippen LogP contribution in [0.1, 0.15) is 12.0 Å². The second-order valence-electron chi connectivity index (χ2n) is 6.86. The number of amides is 3. The number of aliphatic hydroxyl groups excluding tert-OH is 1. The number of benzene rings is 1. The fourth-order valence-corrected chi connectivity index (χ4v) is 3.42. The normalized spacial score (nSPS) is 24.1. The molecule has 2 aliphatic heterocycles. The highest BCUT2D eigenvalue weighted by Crippen LogP contribution is 2.16. The van der Waals surface area contributed by atoms with Gasteiger partial charge in [0.2, 0.25) is 5.91 Å². The molecule has 3 N–H and O–H groups in total. The van der Waals surface area contributed by atoms with Crippen LogP contribution in [0.15, 0.2) is 24.3 Å². The van der Waals surface area contributed by atoms with Crippen LogP contribution < -0.4 is 10.6 Å². The molecule has 2 aliphatic rings. The Morgan fingerprint density at radius 2 is 1.88 bits per heavy atom. The van der Waals surface area contributed by atoms with Crippen LogP contribution >= 0.6 is 0 Å². The van der Waals surface area contributed by atoms with Gasteiger partial charge in [-0.2, -0.15) is 0 Å². The number of nitrogens with zero attached hydrogens (tertiary/aromatic N) is 2. The number of piperidine rings is 1. The number of β-amino-alcohol motifs (C(OH)–C–C–N with tert-alkyl or cyclic N) is 1. The van der Waals surface area contributed by atoms with Crippen LogP contribution in [-0.2, 0) is 4.79 Å². The minimum Gasteiger partial charge on any atom is -0.392 e. The van der Waals surface area contributed by atoms with Gasteiger partial charge in [0.25, 0.3) is 0 Å². The number of aliphatic hydroxyl groups is 1. The highest BCUT2D eigenvalue weighted by molar-refractivity contribution is 5.89. The molecule has 2 saturated heterocycles. The Balaban J connectivity index is 1.49. The maximum atomic E-state index is 12.6. The van der Waals surface area contributed by atoms with E-state index in [2.05, 4.69) is 10.6 Å². The average Bonchev–Trinajstić information content (AvgIpc) is 2.61. The molecular formula is C18H26N4O3. The number of anilines is 1. The van der Waals surface area contributed by atoms with Crippen LogP contribution in [-0.4, -0.2) is 72.2 Å². The molecule has 2 unspecified atom stereocenters. The van der Waals surface area contributed by atoms with Crippen molar-refractivity contribution in [2.45, 2.75) is 19.4 Å². The molecule has 0 bridgehead atoms. The lowest BCUT2D eigenvalue weighted by Crippen LogP contribution is -2.55. The summed E-state index contributed by atoms with van der Waals surface area (Å²) in [4.78, 5) is 28.5. The summed E-state index contributed by atoms with van der Waals surface area (Å²) >= 11 is 0. The smallest absolute Gasteiger partial charge is 0.321 e. The molecule has 2 fully saturated rings. The molecule has 0 aromatic heterocycles. The third-order valence-electron chi connectivity index (χ3n) is 4.82. The summed E-state index contributed by atoms with van der Waals surface area (Å²) in [5.74, 6) is -0.0959. The lowest BCUT2D eigenvalue weighted by Gasteiger charge is -2.37. The van der Waals surface area contributed by atoms with E-state index in [1.807, 2.05) is 31.2 Å². The molecule has 7 heteroatoms. The highest BCUT2D eigenvalue weighted by Gasteiger charge is 2.31. The van der Waals surface area contributed by atoms with Crippen molar-refractivity contribution >= 4 is 17.6 Å². The zero-order valence-electron chi connectivity index (χ0n) is 14.6. The van der Waals surface area contributed by atoms with E-state index < -0.39 is 6.10 Å². The molecule has 1 aromatic rings. The van der Waals surface area contributed by atoms with Gasteiger partial charge in [0.05, 0.1) is 12.0 Å². The first kappa shape index (κ1) is 17.7. The van der Waals surface area contributed by atoms with Crippen molar-refractivity contribution in [3.63, 3.8) is 0 Å². The standard InChI is InChI=1S/C18H26N4O3/c1-13-3-2-4-15(9-13)20-18(25)22-7-5-21(6-8-22)17(24)14-10-16(23)12-19-11-14/h2-4,9,14,16,19,23H,5-8,10-12H2,1H3,(H,20,25). The number of hydrogen-bond acceptors (Lipinski definition) is 4. The number of hydrogen-bond donors (Lipinski definition) is 3. The number of carbonyl (C=O) groups is 2. The van der Waals surface area contributed by atoms with Gasteiger partial charge in [-0.15, -0.1) is 0 Å². The van der Waals surface area contributed by atoms with Crippen LogP contribution in [0.2, 0.25) is 0 Å². The van der Waals surface area contributed by atoms with Crippen molar-refractivity contribution in [1.29, 1.82) is 0 Å². The van der Waals surface area contributed by atoms with Gasteiger partial charge in [0.1, 0.15) is 0 Å². The van der Waals surface area contributed by atoms with Crippen LogP contribution in [0.4, 0.5) is 10.5 Å². The summed E-state index contributed by atoms with van der Waals surface area (Å²) in [6.45, 7) is 5.26. The van der Waals surface area contributed by atoms with Crippen molar-refractivity contribution in [3.8, 4) is 0 Å². The molecule has 136 valence electrons. The Bertz CT molecular complexity index is 629. The summed E-state index contributed by atoms with van der Waals surface area (Å²) in [6, 6.07) is 7.56. The van der Waals surface area contributed by atoms with Crippen molar-refractivity contribution in [1.82, 2.24) is 15.1 Å². The number of nitrogens with one attached hydrogen (secondary N) is 2. The van der Waals surface area contributed by atoms with Gasteiger partial charge in [-0.1, -0.05) is 12.1 Å². The van der Waals surface area contributed by atoms with Gasteiger partial charge < -0.3 is 25.5 Å². The first-order valence-corrected chi connectivity index (χ1v) is 8.83. The molecule has 7 nitrogen and oxygen atoms in total. The fourth-order valence-electron chi connectivity index (χ4n) is 3.42. The minimum atomic E-state index is -0.455. The summed E-state index contributed by atoms with van der Waals surface area (Å²) in [5.41, 5.74) is 1.88. The molecule has 3 amide bonds. The van der Waals surface area contributed by atoms with E-state index in [-0.39, 0.29) is 17.9 Å². The number of urea groups is 1. The quantitative estimate of drug-likeness (QED) is 0.734. The zero-order valence-corrected chi connectivity index (χ0v) is 14.6. The van der Waals surface area contributed by atoms with Gasteiger partial charge >= 0.3 is 6.03 Å². The van der Waals surface area contributed by atoms with Crippen LogP contribution in [0, 0.1) is 12.8 Å². The average molecular weight is 346 g/mol. The molecule has 2 heterocycles. The SMILES string of the molecule is Cc1cccc(NC(=O)N2CCN(C(=O)C3CNCC(O)C3)CC2)c1. The molecule has 2 atom stereocenters. The topological polar surface area (TPSA) is 84.9 Å². The molecular weight excluding hydrogens is 320 g/mol. The number of carbonyl (C=O) groups excluding carboxylic acids is 2. The van der Waals surface area contributed by atoms with E-state index >= 15 is 0 Å². The molecule has 25 heavy (non-hydrogen) atoms. The minimum absolute atomic E-state index is 0.0741. The predicted octanol–water partition coefficient (Wildman–Crippen LogP) is 0.642. The van der Waals surface area contributed by atoms with Crippen LogP contribution in [0.25, 0.3) is 0 Å². The maximum absolute atomic E-state index is 12.6. The summed E-state index contributed by atoms with van der Waals surface area (Å²) in [6.07, 6.45) is 0.0592. The summed E-state index contributed by atoms with van der Waals surface area (Å²) in [5, 5.41) is 15.7. The third-order valence-corrected chi connectivity index (χ3v) is 4.82. The van der Waals surface area contributed by atoms with E-state index in [0.717, 1.165) is 11.3 Å². The molecule has 3 rings (SSSR count). The van der Waals surface area contributed by atoms with E-state index in [0.29, 0.717) is 45.7 Å². The maximum Gasteiger partial charge on any atom is 0.321 e. The van der Waals surface area contributed by atoms with Gasteiger partial charge in [-0.3, -0.25) is 4.79 Å². The van der Waals surface area contributed by atoms with E-state index in [1.54, 1.807) is 9.80 Å². The first-order chi connectivity index (χ1) is 12.0. The van der Waals surface area contributed by atoms with E-state index in [9.17, 15) is 14.7 Å². The van der Waals surface area contributed by atoms with Crippen LogP contribution in [0.5, 0.6) is 0 Å². The number of aryl methyl sites for hydroxylation is 1. The second kappa shape index (κ2) is 7.84. The zero-order chi connectivity index (χ0) is 17.8. The summed E-state index contributed by atoms with van der Waals surface area (Å²) in [7, 11) is 0. The Morgan fingerprint density at radius 3 is 2.56 bits per heavy atom. The molecule has 0 radical (unpaired) electrons. The first-order valence-electron chi connectivity index (χ1n) is 8.83. The van der Waals surface area contributed by atoms with Crippen molar-refractivity contribution in [3.05, 3.63) is 29.8 Å². The Morgan fingerprint density at radius 1 is 1.16 bits per heavy atom. The molecule has 0 spiro atoms. The van der Waals surface area contributed by atoms with Gasteiger partial charge in [-0.05, 0) is 31.0 Å². The monoisotopic (exact) mass is 346 g/mol. The van der Waals surface area contributed by atoms with E-state index in [4.69, 9.17) is 0 Å². The van der Waals surface area contributed by atoms with Crippen molar-refractivity contribution < 1.29 is 14.7 Å². The van der Waals surface area contributed by atoms with Gasteiger partial charge in [0.15, 0.2) is 0 Å². The Labute approximate surface area is 148 Å². The fraction of sp³-hybridized carbons (Fsp3) is 0.556. The van der Waals surface area contributed by atoms with Crippen LogP contribution in [0.3, 0.4) is 0 Å². The van der Waals surface area contributed by atoms with E-state index in [1.165, 1.54) is 0 Å². The highest BCUT2D eigenvalue weighted by atomic mass is 16.3. The molecule has 0 aliphatic carbocycles. The van der Waals surface area contributed by atoms with Crippen molar-refractivity contribution in [2.75, 3.05) is 44.6 Å². The van der Waals surface area contributed by atoms with Gasteiger partial charge in [0, 0.05) is 45.0 Å².